The number of carbonyl (C=O) groups is 2. The van der Waals surface area contributed by atoms with E-state index in [2.05, 4.69) is 5.32 Å². The maximum absolute atomic E-state index is 13.0. The Hall–Kier alpha value is -1.53. The van der Waals surface area contributed by atoms with Crippen molar-refractivity contribution in [1.29, 1.82) is 0 Å². The van der Waals surface area contributed by atoms with Crippen LogP contribution in [0.15, 0.2) is 18.2 Å². The Morgan fingerprint density at radius 2 is 1.76 bits per heavy atom. The SMILES string of the molecule is Cl.O=C(CCC(=O)N1CCNCC1)c1ccc(F)c(F)c1. The zero-order chi connectivity index (χ0) is 14.5. The number of piperazine rings is 1. The molecule has 0 aromatic heterocycles. The first-order valence-electron chi connectivity index (χ1n) is 6.54. The predicted molar refractivity (Wildman–Crippen MR) is 76.6 cm³/mol. The number of nitrogens with one attached hydrogen (secondary N) is 1. The first-order valence-corrected chi connectivity index (χ1v) is 6.54. The zero-order valence-corrected chi connectivity index (χ0v) is 12.2. The molecule has 1 amide bonds. The van der Waals surface area contributed by atoms with Crippen LogP contribution in [0.1, 0.15) is 23.2 Å². The topological polar surface area (TPSA) is 49.4 Å². The van der Waals surface area contributed by atoms with Crippen LogP contribution in [0.4, 0.5) is 8.78 Å². The number of hydrogen-bond donors (Lipinski definition) is 1. The molecule has 1 aromatic carbocycles. The number of amides is 1. The highest BCUT2D eigenvalue weighted by atomic mass is 35.5. The van der Waals surface area contributed by atoms with E-state index >= 15 is 0 Å². The van der Waals surface area contributed by atoms with Crippen LogP contribution in [0.25, 0.3) is 0 Å². The third-order valence-corrected chi connectivity index (χ3v) is 3.28. The van der Waals surface area contributed by atoms with Crippen LogP contribution in [0.2, 0.25) is 0 Å². The number of halogens is 3. The van der Waals surface area contributed by atoms with Crippen molar-refractivity contribution in [2.75, 3.05) is 26.2 Å². The normalized spacial score (nSPS) is 14.5. The molecule has 1 N–H and O–H groups in total. The molecule has 0 radical (unpaired) electrons. The van der Waals surface area contributed by atoms with Gasteiger partial charge in [-0.1, -0.05) is 0 Å². The minimum atomic E-state index is -1.05. The summed E-state index contributed by atoms with van der Waals surface area (Å²) >= 11 is 0. The quantitative estimate of drug-likeness (QED) is 0.861. The molecule has 0 unspecified atom stereocenters. The molecule has 7 heteroatoms. The molecular weight excluding hydrogens is 302 g/mol. The largest absolute Gasteiger partial charge is 0.340 e. The van der Waals surface area contributed by atoms with Gasteiger partial charge in [0.15, 0.2) is 17.4 Å². The fraction of sp³-hybridized carbons (Fsp3) is 0.429. The number of benzene rings is 1. The molecule has 116 valence electrons. The van der Waals surface area contributed by atoms with Gasteiger partial charge in [-0.05, 0) is 18.2 Å². The molecule has 21 heavy (non-hydrogen) atoms. The fourth-order valence-electron chi connectivity index (χ4n) is 2.11. The van der Waals surface area contributed by atoms with Gasteiger partial charge in [-0.3, -0.25) is 9.59 Å². The Balaban J connectivity index is 0.00000220. The van der Waals surface area contributed by atoms with Gasteiger partial charge in [-0.2, -0.15) is 0 Å². The summed E-state index contributed by atoms with van der Waals surface area (Å²) in [4.78, 5) is 25.4. The van der Waals surface area contributed by atoms with Crippen LogP contribution in [-0.4, -0.2) is 42.8 Å². The molecule has 0 saturated carbocycles. The van der Waals surface area contributed by atoms with Gasteiger partial charge < -0.3 is 10.2 Å². The number of ketones is 1. The zero-order valence-electron chi connectivity index (χ0n) is 11.4. The van der Waals surface area contributed by atoms with Crippen molar-refractivity contribution in [2.45, 2.75) is 12.8 Å². The van der Waals surface area contributed by atoms with Gasteiger partial charge in [-0.25, -0.2) is 8.78 Å². The number of rotatable bonds is 4. The van der Waals surface area contributed by atoms with Crippen molar-refractivity contribution < 1.29 is 18.4 Å². The Labute approximate surface area is 127 Å². The molecule has 0 spiro atoms. The standard InChI is InChI=1S/C14H16F2N2O2.ClH/c15-11-2-1-10(9-12(11)16)13(19)3-4-14(20)18-7-5-17-6-8-18;/h1-2,9,17H,3-8H2;1H. The van der Waals surface area contributed by atoms with Crippen molar-refractivity contribution in [2.24, 2.45) is 0 Å². The highest BCUT2D eigenvalue weighted by Gasteiger charge is 2.18. The third-order valence-electron chi connectivity index (χ3n) is 3.28. The molecule has 0 bridgehead atoms. The van der Waals surface area contributed by atoms with E-state index in [-0.39, 0.29) is 42.5 Å². The van der Waals surface area contributed by atoms with Gasteiger partial charge in [0.2, 0.25) is 5.91 Å². The molecule has 1 aliphatic rings. The summed E-state index contributed by atoms with van der Waals surface area (Å²) in [5, 5.41) is 3.13. The van der Waals surface area contributed by atoms with Gasteiger partial charge in [-0.15, -0.1) is 12.4 Å². The van der Waals surface area contributed by atoms with E-state index in [0.29, 0.717) is 13.1 Å². The summed E-state index contributed by atoms with van der Waals surface area (Å²) in [5.41, 5.74) is 0.0945. The lowest BCUT2D eigenvalue weighted by molar-refractivity contribution is -0.131. The molecule has 1 fully saturated rings. The maximum atomic E-state index is 13.0. The first kappa shape index (κ1) is 17.5. The Morgan fingerprint density at radius 3 is 2.38 bits per heavy atom. The second-order valence-electron chi connectivity index (χ2n) is 4.68. The van der Waals surface area contributed by atoms with Crippen LogP contribution >= 0.6 is 12.4 Å². The summed E-state index contributed by atoms with van der Waals surface area (Å²) in [6.07, 6.45) is 0.103. The van der Waals surface area contributed by atoms with E-state index in [4.69, 9.17) is 0 Å². The van der Waals surface area contributed by atoms with E-state index in [1.807, 2.05) is 0 Å². The lowest BCUT2D eigenvalue weighted by Gasteiger charge is -2.27. The molecular formula is C14H17ClF2N2O2. The van der Waals surface area contributed by atoms with Crippen LogP contribution in [0.3, 0.4) is 0 Å². The average molecular weight is 319 g/mol. The van der Waals surface area contributed by atoms with Crippen LogP contribution in [0, 0.1) is 11.6 Å². The smallest absolute Gasteiger partial charge is 0.223 e. The molecule has 4 nitrogen and oxygen atoms in total. The summed E-state index contributed by atoms with van der Waals surface area (Å²) in [6, 6.07) is 3.02. The second-order valence-corrected chi connectivity index (χ2v) is 4.68. The molecule has 0 aliphatic carbocycles. The van der Waals surface area contributed by atoms with Crippen molar-refractivity contribution >= 4 is 24.1 Å². The highest BCUT2D eigenvalue weighted by Crippen LogP contribution is 2.12. The molecule has 1 aliphatic heterocycles. The van der Waals surface area contributed by atoms with Gasteiger partial charge in [0, 0.05) is 44.6 Å². The van der Waals surface area contributed by atoms with Gasteiger partial charge in [0.05, 0.1) is 0 Å². The molecule has 0 atom stereocenters. The Bertz CT molecular complexity index is 520. The molecule has 1 heterocycles. The van der Waals surface area contributed by atoms with Crippen LogP contribution < -0.4 is 5.32 Å². The van der Waals surface area contributed by atoms with Gasteiger partial charge in [0.1, 0.15) is 0 Å². The predicted octanol–water partition coefficient (Wildman–Crippen LogP) is 1.78. The van der Waals surface area contributed by atoms with E-state index in [0.717, 1.165) is 25.2 Å². The Morgan fingerprint density at radius 1 is 1.10 bits per heavy atom. The maximum Gasteiger partial charge on any atom is 0.223 e. The Kier molecular flexibility index (Phi) is 6.71. The molecule has 1 aromatic rings. The van der Waals surface area contributed by atoms with Gasteiger partial charge in [0.25, 0.3) is 0 Å². The van der Waals surface area contributed by atoms with Crippen molar-refractivity contribution in [1.82, 2.24) is 10.2 Å². The van der Waals surface area contributed by atoms with Crippen LogP contribution in [0.5, 0.6) is 0 Å². The number of carbonyl (C=O) groups excluding carboxylic acids is 2. The third kappa shape index (κ3) is 4.75. The van der Waals surface area contributed by atoms with E-state index in [9.17, 15) is 18.4 Å². The second kappa shape index (κ2) is 8.05. The lowest BCUT2D eigenvalue weighted by Crippen LogP contribution is -2.46. The van der Waals surface area contributed by atoms with Crippen molar-refractivity contribution in [3.8, 4) is 0 Å². The first-order chi connectivity index (χ1) is 9.58. The minimum Gasteiger partial charge on any atom is -0.340 e. The van der Waals surface area contributed by atoms with E-state index < -0.39 is 11.6 Å². The van der Waals surface area contributed by atoms with Gasteiger partial charge >= 0.3 is 0 Å². The number of hydrogen-bond acceptors (Lipinski definition) is 3. The summed E-state index contributed by atoms with van der Waals surface area (Å²) in [7, 11) is 0. The summed E-state index contributed by atoms with van der Waals surface area (Å²) in [6.45, 7) is 2.78. The lowest BCUT2D eigenvalue weighted by atomic mass is 10.1. The minimum absolute atomic E-state index is 0. The fourth-order valence-corrected chi connectivity index (χ4v) is 2.11. The highest BCUT2D eigenvalue weighted by molar-refractivity contribution is 5.97. The van der Waals surface area contributed by atoms with Crippen molar-refractivity contribution in [3.63, 3.8) is 0 Å². The number of nitrogens with zero attached hydrogens (tertiary/aromatic N) is 1. The van der Waals surface area contributed by atoms with E-state index in [1.54, 1.807) is 4.90 Å². The molecule has 2 rings (SSSR count). The molecule has 1 saturated heterocycles. The summed E-state index contributed by atoms with van der Waals surface area (Å²) < 4.78 is 25.8. The van der Waals surface area contributed by atoms with Crippen molar-refractivity contribution in [3.05, 3.63) is 35.4 Å². The number of Topliss-reactive ketones (excluding diaryl/α,β-unsaturated/α-hetero) is 1. The monoisotopic (exact) mass is 318 g/mol. The van der Waals surface area contributed by atoms with E-state index in [1.165, 1.54) is 6.07 Å². The van der Waals surface area contributed by atoms with Crippen LogP contribution in [-0.2, 0) is 4.79 Å². The summed E-state index contributed by atoms with van der Waals surface area (Å²) in [5.74, 6) is -2.47. The average Bonchev–Trinajstić information content (AvgIpc) is 2.48.